The Bertz CT molecular complexity index is 351. The standard InChI is InChI=1S/C17H34N2O2S/c1-7-17(8-2,19-15(20)21-16(4,5)6)12-18-14-10-9-11-22-13(14)3/h13-14,18H,7-12H2,1-6H3,(H,19,20). The fourth-order valence-electron chi connectivity index (χ4n) is 2.76. The maximum Gasteiger partial charge on any atom is 0.408 e. The molecule has 4 nitrogen and oxygen atoms in total. The van der Waals surface area contributed by atoms with Gasteiger partial charge in [-0.05, 0) is 52.2 Å². The van der Waals surface area contributed by atoms with Crippen molar-refractivity contribution >= 4 is 17.9 Å². The van der Waals surface area contributed by atoms with Crippen LogP contribution in [0.4, 0.5) is 4.79 Å². The smallest absolute Gasteiger partial charge is 0.408 e. The minimum absolute atomic E-state index is 0.232. The average molecular weight is 331 g/mol. The third-order valence-corrected chi connectivity index (χ3v) is 5.81. The predicted octanol–water partition coefficient (Wildman–Crippen LogP) is 3.94. The summed E-state index contributed by atoms with van der Waals surface area (Å²) in [6.45, 7) is 13.0. The van der Waals surface area contributed by atoms with Crippen LogP contribution in [-0.2, 0) is 4.74 Å². The van der Waals surface area contributed by atoms with Crippen LogP contribution in [0.1, 0.15) is 67.2 Å². The van der Waals surface area contributed by atoms with Crippen LogP contribution in [0.5, 0.6) is 0 Å². The summed E-state index contributed by atoms with van der Waals surface area (Å²) in [5.41, 5.74) is -0.691. The Morgan fingerprint density at radius 2 is 1.91 bits per heavy atom. The largest absolute Gasteiger partial charge is 0.444 e. The third-order valence-electron chi connectivity index (χ3n) is 4.43. The van der Waals surface area contributed by atoms with Gasteiger partial charge in [0.1, 0.15) is 5.60 Å². The molecule has 0 bridgehead atoms. The van der Waals surface area contributed by atoms with E-state index in [1.54, 1.807) is 0 Å². The lowest BCUT2D eigenvalue weighted by Gasteiger charge is -2.37. The summed E-state index contributed by atoms with van der Waals surface area (Å²) in [6, 6.07) is 0.539. The number of carbonyl (C=O) groups excluding carboxylic acids is 1. The Morgan fingerprint density at radius 1 is 1.27 bits per heavy atom. The van der Waals surface area contributed by atoms with E-state index >= 15 is 0 Å². The van der Waals surface area contributed by atoms with Gasteiger partial charge in [0.25, 0.3) is 0 Å². The zero-order valence-electron chi connectivity index (χ0n) is 15.1. The lowest BCUT2D eigenvalue weighted by molar-refractivity contribution is 0.0443. The highest BCUT2D eigenvalue weighted by Crippen LogP contribution is 2.26. The van der Waals surface area contributed by atoms with Gasteiger partial charge in [0.2, 0.25) is 0 Å². The zero-order valence-corrected chi connectivity index (χ0v) is 15.9. The van der Waals surface area contributed by atoms with Crippen LogP contribution in [0, 0.1) is 0 Å². The van der Waals surface area contributed by atoms with E-state index in [0.717, 1.165) is 19.4 Å². The van der Waals surface area contributed by atoms with E-state index in [1.165, 1.54) is 18.6 Å². The molecular weight excluding hydrogens is 296 g/mol. The molecule has 0 saturated carbocycles. The van der Waals surface area contributed by atoms with Crippen LogP contribution < -0.4 is 10.6 Å². The first-order valence-electron chi connectivity index (χ1n) is 8.57. The van der Waals surface area contributed by atoms with Gasteiger partial charge < -0.3 is 15.4 Å². The molecule has 22 heavy (non-hydrogen) atoms. The minimum Gasteiger partial charge on any atom is -0.444 e. The first kappa shape index (κ1) is 19.6. The highest BCUT2D eigenvalue weighted by atomic mass is 32.2. The summed E-state index contributed by atoms with van der Waals surface area (Å²) in [5.74, 6) is 1.27. The molecule has 1 rings (SSSR count). The monoisotopic (exact) mass is 330 g/mol. The number of thioether (sulfide) groups is 1. The number of amides is 1. The molecule has 2 unspecified atom stereocenters. The number of hydrogen-bond acceptors (Lipinski definition) is 4. The normalized spacial score (nSPS) is 23.2. The van der Waals surface area contributed by atoms with Gasteiger partial charge >= 0.3 is 6.09 Å². The Balaban J connectivity index is 2.60. The van der Waals surface area contributed by atoms with Crippen molar-refractivity contribution in [1.29, 1.82) is 0 Å². The molecule has 1 saturated heterocycles. The summed E-state index contributed by atoms with van der Waals surface area (Å²) < 4.78 is 5.43. The van der Waals surface area contributed by atoms with Gasteiger partial charge in [0.15, 0.2) is 0 Å². The Kier molecular flexibility index (Phi) is 7.53. The minimum atomic E-state index is -0.459. The summed E-state index contributed by atoms with van der Waals surface area (Å²) in [5, 5.41) is 7.44. The predicted molar refractivity (Wildman–Crippen MR) is 95.6 cm³/mol. The van der Waals surface area contributed by atoms with Gasteiger partial charge in [0, 0.05) is 17.8 Å². The quantitative estimate of drug-likeness (QED) is 0.774. The van der Waals surface area contributed by atoms with Crippen LogP contribution in [0.25, 0.3) is 0 Å². The van der Waals surface area contributed by atoms with Gasteiger partial charge in [-0.15, -0.1) is 0 Å². The number of hydrogen-bond donors (Lipinski definition) is 2. The lowest BCUT2D eigenvalue weighted by atomic mass is 9.92. The van der Waals surface area contributed by atoms with Crippen LogP contribution in [0.3, 0.4) is 0 Å². The van der Waals surface area contributed by atoms with Crippen molar-refractivity contribution in [3.8, 4) is 0 Å². The summed E-state index contributed by atoms with van der Waals surface area (Å²) in [6.07, 6.45) is 3.97. The van der Waals surface area contributed by atoms with Gasteiger partial charge in [-0.25, -0.2) is 4.79 Å². The molecule has 2 atom stereocenters. The van der Waals surface area contributed by atoms with Gasteiger partial charge in [-0.1, -0.05) is 20.8 Å². The molecule has 1 aliphatic rings. The van der Waals surface area contributed by atoms with E-state index in [2.05, 4.69) is 31.4 Å². The van der Waals surface area contributed by atoms with Gasteiger partial charge in [-0.3, -0.25) is 0 Å². The van der Waals surface area contributed by atoms with Crippen molar-refractivity contribution in [3.63, 3.8) is 0 Å². The molecule has 1 fully saturated rings. The molecule has 1 amide bonds. The maximum atomic E-state index is 12.1. The SMILES string of the molecule is CCC(CC)(CNC1CCCSC1C)NC(=O)OC(C)(C)C. The number of alkyl carbamates (subject to hydrolysis) is 1. The molecule has 2 N–H and O–H groups in total. The van der Waals surface area contributed by atoms with E-state index in [1.807, 2.05) is 32.5 Å². The highest BCUT2D eigenvalue weighted by Gasteiger charge is 2.32. The van der Waals surface area contributed by atoms with Crippen molar-refractivity contribution < 1.29 is 9.53 Å². The van der Waals surface area contributed by atoms with E-state index in [-0.39, 0.29) is 11.6 Å². The van der Waals surface area contributed by atoms with Gasteiger partial charge in [0.05, 0.1) is 5.54 Å². The van der Waals surface area contributed by atoms with Crippen molar-refractivity contribution in [2.45, 2.75) is 89.7 Å². The molecule has 0 radical (unpaired) electrons. The Labute approximate surface area is 140 Å². The Morgan fingerprint density at radius 3 is 2.41 bits per heavy atom. The second-order valence-electron chi connectivity index (χ2n) is 7.32. The highest BCUT2D eigenvalue weighted by molar-refractivity contribution is 7.99. The molecule has 0 spiro atoms. The summed E-state index contributed by atoms with van der Waals surface area (Å²) in [4.78, 5) is 12.1. The number of ether oxygens (including phenoxy) is 1. The van der Waals surface area contributed by atoms with Crippen LogP contribution in [0.2, 0.25) is 0 Å². The van der Waals surface area contributed by atoms with Crippen molar-refractivity contribution in [1.82, 2.24) is 10.6 Å². The van der Waals surface area contributed by atoms with E-state index in [4.69, 9.17) is 4.74 Å². The first-order valence-corrected chi connectivity index (χ1v) is 9.62. The van der Waals surface area contributed by atoms with Crippen LogP contribution >= 0.6 is 11.8 Å². The third kappa shape index (κ3) is 6.37. The van der Waals surface area contributed by atoms with Gasteiger partial charge in [-0.2, -0.15) is 11.8 Å². The van der Waals surface area contributed by atoms with Crippen LogP contribution in [-0.4, -0.2) is 40.8 Å². The molecule has 0 aromatic rings. The van der Waals surface area contributed by atoms with Crippen molar-refractivity contribution in [2.24, 2.45) is 0 Å². The molecule has 130 valence electrons. The van der Waals surface area contributed by atoms with Crippen LogP contribution in [0.15, 0.2) is 0 Å². The van der Waals surface area contributed by atoms with E-state index < -0.39 is 5.60 Å². The molecule has 5 heteroatoms. The number of rotatable bonds is 6. The molecule has 0 aromatic carbocycles. The molecular formula is C17H34N2O2S. The maximum absolute atomic E-state index is 12.1. The van der Waals surface area contributed by atoms with E-state index in [9.17, 15) is 4.79 Å². The number of nitrogens with one attached hydrogen (secondary N) is 2. The lowest BCUT2D eigenvalue weighted by Crippen LogP contribution is -2.57. The average Bonchev–Trinajstić information content (AvgIpc) is 2.43. The van der Waals surface area contributed by atoms with Crippen molar-refractivity contribution in [3.05, 3.63) is 0 Å². The molecule has 1 aliphatic heterocycles. The molecule has 0 aliphatic carbocycles. The summed E-state index contributed by atoms with van der Waals surface area (Å²) >= 11 is 2.04. The zero-order chi connectivity index (χ0) is 16.8. The fourth-order valence-corrected chi connectivity index (χ4v) is 3.93. The topological polar surface area (TPSA) is 50.4 Å². The second kappa shape index (κ2) is 8.44. The molecule has 1 heterocycles. The molecule has 0 aromatic heterocycles. The first-order chi connectivity index (χ1) is 10.2. The Hall–Kier alpha value is -0.420. The fraction of sp³-hybridized carbons (Fsp3) is 0.941. The second-order valence-corrected chi connectivity index (χ2v) is 8.81. The number of carbonyl (C=O) groups is 1. The summed E-state index contributed by atoms with van der Waals surface area (Å²) in [7, 11) is 0. The van der Waals surface area contributed by atoms with Crippen molar-refractivity contribution in [2.75, 3.05) is 12.3 Å². The van der Waals surface area contributed by atoms with E-state index in [0.29, 0.717) is 11.3 Å².